The third-order valence-electron chi connectivity index (χ3n) is 1.48. The van der Waals surface area contributed by atoms with E-state index in [9.17, 15) is 4.39 Å². The van der Waals surface area contributed by atoms with Crippen LogP contribution >= 0.6 is 28.1 Å². The smallest absolute Gasteiger partial charge is 0.166 e. The van der Waals surface area contributed by atoms with Gasteiger partial charge in [-0.15, -0.1) is 0 Å². The normalized spacial score (nSPS) is 9.77. The van der Waals surface area contributed by atoms with Gasteiger partial charge >= 0.3 is 0 Å². The Kier molecular flexibility index (Phi) is 3.22. The lowest BCUT2D eigenvalue weighted by molar-refractivity contribution is 0.385. The SMILES string of the molecule is COc1c(F)cc(Br)cc1C(N)=S. The molecule has 0 aliphatic rings. The average Bonchev–Trinajstić information content (AvgIpc) is 2.02. The molecule has 1 rings (SSSR count). The number of rotatable bonds is 2. The molecule has 5 heteroatoms. The van der Waals surface area contributed by atoms with Crippen LogP contribution in [0.2, 0.25) is 0 Å². The lowest BCUT2D eigenvalue weighted by Crippen LogP contribution is -2.11. The lowest BCUT2D eigenvalue weighted by Gasteiger charge is -2.08. The minimum Gasteiger partial charge on any atom is -0.493 e. The van der Waals surface area contributed by atoms with E-state index in [4.69, 9.17) is 22.7 Å². The summed E-state index contributed by atoms with van der Waals surface area (Å²) in [5.41, 5.74) is 5.78. The molecule has 1 aromatic rings. The highest BCUT2D eigenvalue weighted by molar-refractivity contribution is 9.10. The molecule has 0 aliphatic carbocycles. The van der Waals surface area contributed by atoms with Crippen LogP contribution in [0.5, 0.6) is 5.75 Å². The zero-order valence-corrected chi connectivity index (χ0v) is 9.21. The Bertz CT molecular complexity index is 356. The lowest BCUT2D eigenvalue weighted by atomic mass is 10.2. The molecule has 0 amide bonds. The molecule has 2 nitrogen and oxygen atoms in total. The summed E-state index contributed by atoms with van der Waals surface area (Å²) >= 11 is 7.88. The summed E-state index contributed by atoms with van der Waals surface area (Å²) in [6.07, 6.45) is 0. The number of thiocarbonyl (C=S) groups is 1. The third kappa shape index (κ3) is 2.16. The predicted molar refractivity (Wildman–Crippen MR) is 56.5 cm³/mol. The number of methoxy groups -OCH3 is 1. The van der Waals surface area contributed by atoms with Gasteiger partial charge in [-0.3, -0.25) is 0 Å². The van der Waals surface area contributed by atoms with Gasteiger partial charge in [0.05, 0.1) is 12.7 Å². The highest BCUT2D eigenvalue weighted by atomic mass is 79.9. The van der Waals surface area contributed by atoms with Gasteiger partial charge < -0.3 is 10.5 Å². The molecule has 0 saturated heterocycles. The fourth-order valence-corrected chi connectivity index (χ4v) is 1.53. The second-order valence-electron chi connectivity index (χ2n) is 2.33. The first-order valence-electron chi connectivity index (χ1n) is 3.39. The number of ether oxygens (including phenoxy) is 1. The van der Waals surface area contributed by atoms with Crippen molar-refractivity contribution in [2.45, 2.75) is 0 Å². The predicted octanol–water partition coefficient (Wildman–Crippen LogP) is 2.23. The highest BCUT2D eigenvalue weighted by Crippen LogP contribution is 2.26. The van der Waals surface area contributed by atoms with E-state index < -0.39 is 5.82 Å². The maximum atomic E-state index is 13.2. The molecular formula is C8H7BrFNOS. The van der Waals surface area contributed by atoms with Gasteiger partial charge in [-0.05, 0) is 12.1 Å². The van der Waals surface area contributed by atoms with Crippen LogP contribution in [0.25, 0.3) is 0 Å². The van der Waals surface area contributed by atoms with Gasteiger partial charge in [0.15, 0.2) is 11.6 Å². The number of hydrogen-bond donors (Lipinski definition) is 1. The van der Waals surface area contributed by atoms with Crippen LogP contribution in [-0.2, 0) is 0 Å². The molecule has 0 aliphatic heterocycles. The second-order valence-corrected chi connectivity index (χ2v) is 3.69. The van der Waals surface area contributed by atoms with E-state index in [2.05, 4.69) is 15.9 Å². The Morgan fingerprint density at radius 2 is 2.23 bits per heavy atom. The van der Waals surface area contributed by atoms with E-state index in [1.807, 2.05) is 0 Å². The monoisotopic (exact) mass is 263 g/mol. The molecule has 0 spiro atoms. The summed E-state index contributed by atoms with van der Waals surface area (Å²) in [6.45, 7) is 0. The van der Waals surface area contributed by atoms with Crippen LogP contribution in [0.4, 0.5) is 4.39 Å². The molecular weight excluding hydrogens is 257 g/mol. The van der Waals surface area contributed by atoms with E-state index in [0.29, 0.717) is 10.0 Å². The summed E-state index contributed by atoms with van der Waals surface area (Å²) in [6, 6.07) is 2.91. The Morgan fingerprint density at radius 3 is 2.69 bits per heavy atom. The van der Waals surface area contributed by atoms with Crippen molar-refractivity contribution in [3.8, 4) is 5.75 Å². The maximum Gasteiger partial charge on any atom is 0.166 e. The molecule has 70 valence electrons. The van der Waals surface area contributed by atoms with Crippen molar-refractivity contribution < 1.29 is 9.13 Å². The van der Waals surface area contributed by atoms with E-state index in [-0.39, 0.29) is 10.7 Å². The molecule has 0 radical (unpaired) electrons. The van der Waals surface area contributed by atoms with Crippen molar-refractivity contribution in [3.05, 3.63) is 28.0 Å². The first kappa shape index (κ1) is 10.4. The highest BCUT2D eigenvalue weighted by Gasteiger charge is 2.12. The van der Waals surface area contributed by atoms with Gasteiger partial charge in [-0.2, -0.15) is 0 Å². The number of hydrogen-bond acceptors (Lipinski definition) is 2. The average molecular weight is 264 g/mol. The van der Waals surface area contributed by atoms with Crippen molar-refractivity contribution in [1.29, 1.82) is 0 Å². The largest absolute Gasteiger partial charge is 0.493 e. The summed E-state index contributed by atoms with van der Waals surface area (Å²) in [5.74, 6) is -0.407. The van der Waals surface area contributed by atoms with E-state index in [1.54, 1.807) is 6.07 Å². The fraction of sp³-hybridized carbons (Fsp3) is 0.125. The molecule has 0 aromatic heterocycles. The minimum absolute atomic E-state index is 0.0794. The van der Waals surface area contributed by atoms with Crippen LogP contribution in [-0.4, -0.2) is 12.1 Å². The van der Waals surface area contributed by atoms with Gasteiger partial charge in [0, 0.05) is 4.47 Å². The van der Waals surface area contributed by atoms with Crippen molar-refractivity contribution >= 4 is 33.1 Å². The summed E-state index contributed by atoms with van der Waals surface area (Å²) in [5, 5.41) is 0. The first-order chi connectivity index (χ1) is 6.06. The topological polar surface area (TPSA) is 35.2 Å². The van der Waals surface area contributed by atoms with Crippen molar-refractivity contribution in [2.24, 2.45) is 5.73 Å². The van der Waals surface area contributed by atoms with Crippen molar-refractivity contribution in [3.63, 3.8) is 0 Å². The van der Waals surface area contributed by atoms with Gasteiger partial charge in [0.1, 0.15) is 4.99 Å². The van der Waals surface area contributed by atoms with Crippen molar-refractivity contribution in [1.82, 2.24) is 0 Å². The quantitative estimate of drug-likeness (QED) is 0.832. The molecule has 0 unspecified atom stereocenters. The molecule has 0 saturated carbocycles. The van der Waals surface area contributed by atoms with E-state index in [0.717, 1.165) is 0 Å². The third-order valence-corrected chi connectivity index (χ3v) is 2.16. The minimum atomic E-state index is -0.486. The van der Waals surface area contributed by atoms with Crippen LogP contribution in [0.1, 0.15) is 5.56 Å². The van der Waals surface area contributed by atoms with Crippen LogP contribution in [0.15, 0.2) is 16.6 Å². The summed E-state index contributed by atoms with van der Waals surface area (Å²) < 4.78 is 18.6. The van der Waals surface area contributed by atoms with Gasteiger partial charge in [0.25, 0.3) is 0 Å². The van der Waals surface area contributed by atoms with E-state index in [1.165, 1.54) is 13.2 Å². The van der Waals surface area contributed by atoms with Gasteiger partial charge in [-0.1, -0.05) is 28.1 Å². The maximum absolute atomic E-state index is 13.2. The molecule has 2 N–H and O–H groups in total. The summed E-state index contributed by atoms with van der Waals surface area (Å²) in [4.78, 5) is 0.108. The van der Waals surface area contributed by atoms with Crippen molar-refractivity contribution in [2.75, 3.05) is 7.11 Å². The Balaban J connectivity index is 3.38. The van der Waals surface area contributed by atoms with Crippen LogP contribution in [0, 0.1) is 5.82 Å². The Hall–Kier alpha value is -0.680. The molecule has 0 fully saturated rings. The van der Waals surface area contributed by atoms with Crippen LogP contribution in [0.3, 0.4) is 0 Å². The molecule has 1 aromatic carbocycles. The molecule has 0 heterocycles. The number of nitrogens with two attached hydrogens (primary N) is 1. The van der Waals surface area contributed by atoms with Gasteiger partial charge in [0.2, 0.25) is 0 Å². The molecule has 0 atom stereocenters. The Labute approximate surface area is 89.0 Å². The second kappa shape index (κ2) is 4.02. The number of benzene rings is 1. The number of halogens is 2. The first-order valence-corrected chi connectivity index (χ1v) is 4.59. The standard InChI is InChI=1S/C8H7BrFNOS/c1-12-7-5(8(11)13)2-4(9)3-6(7)10/h2-3H,1H3,(H2,11,13). The zero-order valence-electron chi connectivity index (χ0n) is 6.80. The van der Waals surface area contributed by atoms with E-state index >= 15 is 0 Å². The van der Waals surface area contributed by atoms with Gasteiger partial charge in [-0.25, -0.2) is 4.39 Å². The Morgan fingerprint density at radius 1 is 1.62 bits per heavy atom. The zero-order chi connectivity index (χ0) is 10.0. The summed E-state index contributed by atoms with van der Waals surface area (Å²) in [7, 11) is 1.37. The molecule has 0 bridgehead atoms. The molecule has 13 heavy (non-hydrogen) atoms. The van der Waals surface area contributed by atoms with Crippen LogP contribution < -0.4 is 10.5 Å². The fourth-order valence-electron chi connectivity index (χ4n) is 0.951.